The first kappa shape index (κ1) is 14.4. The van der Waals surface area contributed by atoms with E-state index in [-0.39, 0.29) is 24.0 Å². The summed E-state index contributed by atoms with van der Waals surface area (Å²) >= 11 is 0. The van der Waals surface area contributed by atoms with Gasteiger partial charge >= 0.3 is 0 Å². The molecule has 0 aromatic heterocycles. The first-order chi connectivity index (χ1) is 9.92. The van der Waals surface area contributed by atoms with Gasteiger partial charge in [-0.3, -0.25) is 4.79 Å². The predicted octanol–water partition coefficient (Wildman–Crippen LogP) is 2.76. The average molecular weight is 324 g/mol. The van der Waals surface area contributed by atoms with Crippen molar-refractivity contribution in [1.29, 1.82) is 0 Å². The Morgan fingerprint density at radius 1 is 1.14 bits per heavy atom. The molecule has 1 amide bonds. The van der Waals surface area contributed by atoms with Gasteiger partial charge in [-0.15, -0.1) is 0 Å². The lowest BCUT2D eigenvalue weighted by atomic mass is 10.1. The molecule has 2 aromatic rings. The zero-order valence-electron chi connectivity index (χ0n) is 11.2. The van der Waals surface area contributed by atoms with Gasteiger partial charge in [0.1, 0.15) is 0 Å². The minimum Gasteiger partial charge on any atom is -0.312 e. The molecule has 3 rings (SSSR count). The van der Waals surface area contributed by atoms with E-state index in [1.807, 2.05) is 42.5 Å². The van der Waals surface area contributed by atoms with Crippen molar-refractivity contribution in [3.8, 4) is 0 Å². The zero-order valence-corrected chi connectivity index (χ0v) is 12.8. The molecule has 0 radical (unpaired) electrons. The van der Waals surface area contributed by atoms with Crippen molar-refractivity contribution >= 4 is 42.1 Å². The lowest BCUT2D eigenvalue weighted by molar-refractivity contribution is -0.117. The number of benzene rings is 2. The van der Waals surface area contributed by atoms with Gasteiger partial charge in [-0.1, -0.05) is 30.3 Å². The van der Waals surface area contributed by atoms with E-state index >= 15 is 0 Å². The maximum atomic E-state index is 12.1. The molecule has 1 fully saturated rings. The molecule has 0 bridgehead atoms. The topological polar surface area (TPSA) is 54.5 Å². The molecule has 0 spiro atoms. The van der Waals surface area contributed by atoms with Crippen LogP contribution in [-0.2, 0) is 13.8 Å². The zero-order chi connectivity index (χ0) is 15.0. The van der Waals surface area contributed by atoms with Crippen LogP contribution in [0.3, 0.4) is 0 Å². The van der Waals surface area contributed by atoms with Crippen LogP contribution in [-0.4, -0.2) is 26.6 Å². The summed E-state index contributed by atoms with van der Waals surface area (Å²) in [5.41, 5.74) is 0.799. The third kappa shape index (κ3) is 3.19. The minimum absolute atomic E-state index is 0.0596. The van der Waals surface area contributed by atoms with Gasteiger partial charge in [-0.2, -0.15) is 0 Å². The van der Waals surface area contributed by atoms with Crippen molar-refractivity contribution in [2.45, 2.75) is 6.42 Å². The maximum absolute atomic E-state index is 12.1. The molecule has 0 aliphatic carbocycles. The van der Waals surface area contributed by atoms with Gasteiger partial charge in [0.25, 0.3) is 0 Å². The molecule has 1 saturated heterocycles. The molecule has 2 aromatic carbocycles. The summed E-state index contributed by atoms with van der Waals surface area (Å²) in [4.78, 5) is 13.7. The Kier molecular flexibility index (Phi) is 3.63. The van der Waals surface area contributed by atoms with Gasteiger partial charge in [-0.25, -0.2) is 8.42 Å². The highest BCUT2D eigenvalue weighted by Gasteiger charge is 2.33. The molecule has 110 valence electrons. The van der Waals surface area contributed by atoms with Crippen molar-refractivity contribution < 1.29 is 13.2 Å². The number of halogens is 1. The van der Waals surface area contributed by atoms with Gasteiger partial charge in [-0.05, 0) is 22.9 Å². The summed E-state index contributed by atoms with van der Waals surface area (Å²) in [5, 5.41) is 2.16. The van der Waals surface area contributed by atoms with Crippen LogP contribution in [0.5, 0.6) is 0 Å². The van der Waals surface area contributed by atoms with Crippen LogP contribution in [0.15, 0.2) is 42.5 Å². The molecule has 1 heterocycles. The third-order valence-corrected chi connectivity index (χ3v) is 4.93. The second-order valence-electron chi connectivity index (χ2n) is 5.31. The quantitative estimate of drug-likeness (QED) is 0.816. The SMILES string of the molecule is O=C1CC(CS(=O)(=O)Cl)CN1c1ccc2ccccc2c1. The molecule has 1 aliphatic heterocycles. The normalized spacial score (nSPS) is 19.4. The molecule has 1 aliphatic rings. The Morgan fingerprint density at radius 3 is 2.57 bits per heavy atom. The number of amides is 1. The molecule has 1 atom stereocenters. The Labute approximate surface area is 127 Å². The van der Waals surface area contributed by atoms with Gasteiger partial charge in [0.2, 0.25) is 15.0 Å². The highest BCUT2D eigenvalue weighted by atomic mass is 35.7. The Bertz CT molecular complexity index is 803. The summed E-state index contributed by atoms with van der Waals surface area (Å²) in [6.45, 7) is 0.392. The first-order valence-electron chi connectivity index (χ1n) is 6.64. The number of nitrogens with zero attached hydrogens (tertiary/aromatic N) is 1. The molecule has 1 unspecified atom stereocenters. The van der Waals surface area contributed by atoms with Gasteiger partial charge in [0, 0.05) is 35.3 Å². The number of hydrogen-bond donors (Lipinski definition) is 0. The van der Waals surface area contributed by atoms with E-state index in [4.69, 9.17) is 10.7 Å². The standard InChI is InChI=1S/C15H14ClNO3S/c16-21(19,20)10-11-7-15(18)17(9-11)14-6-5-12-3-1-2-4-13(12)8-14/h1-6,8,11H,7,9-10H2. The fraction of sp³-hybridized carbons (Fsp3) is 0.267. The Morgan fingerprint density at radius 2 is 1.86 bits per heavy atom. The number of rotatable bonds is 3. The fourth-order valence-electron chi connectivity index (χ4n) is 2.77. The van der Waals surface area contributed by atoms with Crippen LogP contribution < -0.4 is 4.90 Å². The number of hydrogen-bond acceptors (Lipinski definition) is 3. The molecular weight excluding hydrogens is 310 g/mol. The minimum atomic E-state index is -3.58. The van der Waals surface area contributed by atoms with E-state index in [2.05, 4.69) is 0 Å². The molecule has 0 N–H and O–H groups in total. The average Bonchev–Trinajstić information content (AvgIpc) is 2.76. The van der Waals surface area contributed by atoms with Crippen LogP contribution in [0.1, 0.15) is 6.42 Å². The Hall–Kier alpha value is -1.59. The number of carbonyl (C=O) groups is 1. The molecule has 6 heteroatoms. The van der Waals surface area contributed by atoms with Crippen molar-refractivity contribution in [3.63, 3.8) is 0 Å². The third-order valence-electron chi connectivity index (χ3n) is 3.68. The van der Waals surface area contributed by atoms with Gasteiger partial charge in [0.15, 0.2) is 0 Å². The summed E-state index contributed by atoms with van der Waals surface area (Å²) in [6, 6.07) is 13.7. The maximum Gasteiger partial charge on any atom is 0.232 e. The van der Waals surface area contributed by atoms with Crippen LogP contribution in [0, 0.1) is 5.92 Å². The summed E-state index contributed by atoms with van der Waals surface area (Å²) in [7, 11) is 1.70. The molecule has 4 nitrogen and oxygen atoms in total. The number of carbonyl (C=O) groups excluding carboxylic acids is 1. The monoisotopic (exact) mass is 323 g/mol. The van der Waals surface area contributed by atoms with E-state index in [1.165, 1.54) is 0 Å². The van der Waals surface area contributed by atoms with Crippen molar-refractivity contribution in [3.05, 3.63) is 42.5 Å². The molecule has 21 heavy (non-hydrogen) atoms. The van der Waals surface area contributed by atoms with Crippen LogP contribution >= 0.6 is 10.7 Å². The van der Waals surface area contributed by atoms with Crippen molar-refractivity contribution in [1.82, 2.24) is 0 Å². The van der Waals surface area contributed by atoms with Crippen LogP contribution in [0.25, 0.3) is 10.8 Å². The molecular formula is C15H14ClNO3S. The summed E-state index contributed by atoms with van der Waals surface area (Å²) < 4.78 is 22.3. The highest BCUT2D eigenvalue weighted by Crippen LogP contribution is 2.29. The Balaban J connectivity index is 1.87. The van der Waals surface area contributed by atoms with E-state index in [1.54, 1.807) is 4.90 Å². The lowest BCUT2D eigenvalue weighted by Gasteiger charge is -2.17. The van der Waals surface area contributed by atoms with E-state index in [0.29, 0.717) is 6.54 Å². The fourth-order valence-corrected chi connectivity index (χ4v) is 4.09. The van der Waals surface area contributed by atoms with Crippen molar-refractivity contribution in [2.75, 3.05) is 17.2 Å². The predicted molar refractivity (Wildman–Crippen MR) is 84.0 cm³/mol. The van der Waals surface area contributed by atoms with Crippen LogP contribution in [0.4, 0.5) is 5.69 Å². The lowest BCUT2D eigenvalue weighted by Crippen LogP contribution is -2.25. The van der Waals surface area contributed by atoms with Gasteiger partial charge < -0.3 is 4.90 Å². The highest BCUT2D eigenvalue weighted by molar-refractivity contribution is 8.13. The second-order valence-corrected chi connectivity index (χ2v) is 8.13. The largest absolute Gasteiger partial charge is 0.312 e. The summed E-state index contributed by atoms with van der Waals surface area (Å²) in [5.74, 6) is -0.466. The number of anilines is 1. The number of fused-ring (bicyclic) bond motifs is 1. The van der Waals surface area contributed by atoms with E-state index < -0.39 is 9.05 Å². The first-order valence-corrected chi connectivity index (χ1v) is 9.12. The second kappa shape index (κ2) is 5.31. The van der Waals surface area contributed by atoms with E-state index in [9.17, 15) is 13.2 Å². The van der Waals surface area contributed by atoms with Crippen LogP contribution in [0.2, 0.25) is 0 Å². The molecule has 0 saturated carbocycles. The van der Waals surface area contributed by atoms with Crippen molar-refractivity contribution in [2.24, 2.45) is 5.92 Å². The van der Waals surface area contributed by atoms with E-state index in [0.717, 1.165) is 16.5 Å². The summed E-state index contributed by atoms with van der Waals surface area (Å²) in [6.07, 6.45) is 0.221. The smallest absolute Gasteiger partial charge is 0.232 e. The van der Waals surface area contributed by atoms with Gasteiger partial charge in [0.05, 0.1) is 5.75 Å².